The van der Waals surface area contributed by atoms with Gasteiger partial charge in [-0.3, -0.25) is 9.59 Å². The lowest BCUT2D eigenvalue weighted by Crippen LogP contribution is -2.24. The molecule has 0 heterocycles. The first kappa shape index (κ1) is 18.0. The number of thioether (sulfide) groups is 1. The number of amides is 2. The van der Waals surface area contributed by atoms with Crippen molar-refractivity contribution in [3.05, 3.63) is 59.9 Å². The zero-order valence-corrected chi connectivity index (χ0v) is 14.2. The van der Waals surface area contributed by atoms with Gasteiger partial charge in [0.15, 0.2) is 0 Å². The smallest absolute Gasteiger partial charge is 0.251 e. The molecule has 4 nitrogen and oxygen atoms in total. The molecule has 0 radical (unpaired) electrons. The third-order valence-electron chi connectivity index (χ3n) is 3.16. The van der Waals surface area contributed by atoms with Crippen LogP contribution >= 0.6 is 11.8 Å². The van der Waals surface area contributed by atoms with Crippen LogP contribution in [0.25, 0.3) is 0 Å². The zero-order valence-electron chi connectivity index (χ0n) is 13.3. The Hall–Kier alpha value is -2.34. The largest absolute Gasteiger partial charge is 0.352 e. The fourth-order valence-electron chi connectivity index (χ4n) is 2.01. The van der Waals surface area contributed by atoms with Crippen molar-refractivity contribution in [2.45, 2.75) is 18.2 Å². The van der Waals surface area contributed by atoms with Crippen molar-refractivity contribution in [3.63, 3.8) is 0 Å². The molecule has 2 amide bonds. The lowest BCUT2D eigenvalue weighted by atomic mass is 10.2. The van der Waals surface area contributed by atoms with Gasteiger partial charge in [-0.25, -0.2) is 4.39 Å². The Morgan fingerprint density at radius 3 is 2.33 bits per heavy atom. The lowest BCUT2D eigenvalue weighted by molar-refractivity contribution is -0.114. The molecule has 0 saturated heterocycles. The van der Waals surface area contributed by atoms with Gasteiger partial charge in [0.2, 0.25) is 5.91 Å². The Morgan fingerprint density at radius 2 is 1.71 bits per heavy atom. The van der Waals surface area contributed by atoms with E-state index in [0.717, 1.165) is 17.1 Å². The Morgan fingerprint density at radius 1 is 1.04 bits per heavy atom. The van der Waals surface area contributed by atoms with Crippen molar-refractivity contribution in [2.24, 2.45) is 0 Å². The molecule has 2 aromatic carbocycles. The van der Waals surface area contributed by atoms with E-state index >= 15 is 0 Å². The highest BCUT2D eigenvalue weighted by molar-refractivity contribution is 7.99. The second-order valence-electron chi connectivity index (χ2n) is 5.17. The number of hydrogen-bond acceptors (Lipinski definition) is 3. The maximum atomic E-state index is 12.8. The van der Waals surface area contributed by atoms with E-state index in [0.29, 0.717) is 17.8 Å². The van der Waals surface area contributed by atoms with Crippen LogP contribution in [-0.2, 0) is 4.79 Å². The number of halogens is 1. The summed E-state index contributed by atoms with van der Waals surface area (Å²) in [5, 5.41) is 5.51. The molecular formula is C18H19FN2O2S. The van der Waals surface area contributed by atoms with Crippen molar-refractivity contribution in [2.75, 3.05) is 17.6 Å². The molecule has 0 spiro atoms. The summed E-state index contributed by atoms with van der Waals surface area (Å²) in [4.78, 5) is 24.0. The van der Waals surface area contributed by atoms with Crippen molar-refractivity contribution < 1.29 is 14.0 Å². The molecule has 0 aliphatic heterocycles. The van der Waals surface area contributed by atoms with Crippen LogP contribution in [0.2, 0.25) is 0 Å². The second kappa shape index (κ2) is 9.08. The van der Waals surface area contributed by atoms with Gasteiger partial charge < -0.3 is 10.6 Å². The Balaban J connectivity index is 1.69. The molecule has 0 saturated carbocycles. The van der Waals surface area contributed by atoms with Crippen molar-refractivity contribution in [1.29, 1.82) is 0 Å². The van der Waals surface area contributed by atoms with Gasteiger partial charge in [-0.15, -0.1) is 11.8 Å². The van der Waals surface area contributed by atoms with Crippen LogP contribution in [0.5, 0.6) is 0 Å². The van der Waals surface area contributed by atoms with Crippen LogP contribution in [0.3, 0.4) is 0 Å². The first-order valence-electron chi connectivity index (χ1n) is 7.59. The van der Waals surface area contributed by atoms with Crippen LogP contribution in [-0.4, -0.2) is 24.1 Å². The van der Waals surface area contributed by atoms with E-state index in [1.165, 1.54) is 19.1 Å². The summed E-state index contributed by atoms with van der Waals surface area (Å²) in [6, 6.07) is 13.1. The van der Waals surface area contributed by atoms with Crippen LogP contribution < -0.4 is 10.6 Å². The maximum absolute atomic E-state index is 12.8. The summed E-state index contributed by atoms with van der Waals surface area (Å²) in [6.45, 7) is 2.01. The lowest BCUT2D eigenvalue weighted by Gasteiger charge is -2.07. The monoisotopic (exact) mass is 346 g/mol. The zero-order chi connectivity index (χ0) is 17.4. The number of benzene rings is 2. The van der Waals surface area contributed by atoms with Crippen LogP contribution in [0, 0.1) is 5.82 Å². The highest BCUT2D eigenvalue weighted by Gasteiger charge is 2.05. The molecule has 24 heavy (non-hydrogen) atoms. The van der Waals surface area contributed by atoms with Gasteiger partial charge in [-0.05, 0) is 60.7 Å². The van der Waals surface area contributed by atoms with E-state index in [9.17, 15) is 14.0 Å². The van der Waals surface area contributed by atoms with E-state index < -0.39 is 0 Å². The van der Waals surface area contributed by atoms with E-state index in [1.54, 1.807) is 48.2 Å². The minimum absolute atomic E-state index is 0.142. The molecule has 0 aliphatic carbocycles. The van der Waals surface area contributed by atoms with Gasteiger partial charge in [0.05, 0.1) is 0 Å². The fraction of sp³-hybridized carbons (Fsp3) is 0.222. The number of hydrogen-bond donors (Lipinski definition) is 2. The van der Waals surface area contributed by atoms with Crippen molar-refractivity contribution in [3.8, 4) is 0 Å². The quantitative estimate of drug-likeness (QED) is 0.594. The van der Waals surface area contributed by atoms with E-state index in [1.807, 2.05) is 0 Å². The molecule has 126 valence electrons. The van der Waals surface area contributed by atoms with Gasteiger partial charge in [0.25, 0.3) is 5.91 Å². The third kappa shape index (κ3) is 6.04. The minimum Gasteiger partial charge on any atom is -0.352 e. The average molecular weight is 346 g/mol. The summed E-state index contributed by atoms with van der Waals surface area (Å²) in [6.07, 6.45) is 0.817. The first-order valence-corrected chi connectivity index (χ1v) is 8.57. The maximum Gasteiger partial charge on any atom is 0.251 e. The van der Waals surface area contributed by atoms with Crippen molar-refractivity contribution >= 4 is 29.3 Å². The van der Waals surface area contributed by atoms with Crippen LogP contribution in [0.15, 0.2) is 53.4 Å². The summed E-state index contributed by atoms with van der Waals surface area (Å²) < 4.78 is 12.8. The third-order valence-corrected chi connectivity index (χ3v) is 4.25. The molecule has 2 aromatic rings. The molecule has 0 fully saturated rings. The summed E-state index contributed by atoms with van der Waals surface area (Å²) in [5.41, 5.74) is 1.21. The van der Waals surface area contributed by atoms with Gasteiger partial charge >= 0.3 is 0 Å². The standard InChI is InChI=1S/C18H19FN2O2S/c1-13(22)21-16-7-3-14(4-8-16)18(23)20-11-2-12-24-17-9-5-15(19)6-10-17/h3-10H,2,11-12H2,1H3,(H,20,23)(H,21,22). The summed E-state index contributed by atoms with van der Waals surface area (Å²) in [5.74, 6) is 0.311. The summed E-state index contributed by atoms with van der Waals surface area (Å²) >= 11 is 1.63. The number of nitrogens with one attached hydrogen (secondary N) is 2. The molecule has 0 aromatic heterocycles. The highest BCUT2D eigenvalue weighted by Crippen LogP contribution is 2.18. The Labute approximate surface area is 144 Å². The predicted molar refractivity (Wildman–Crippen MR) is 94.8 cm³/mol. The number of anilines is 1. The second-order valence-corrected chi connectivity index (χ2v) is 6.34. The normalized spacial score (nSPS) is 10.2. The molecule has 0 aliphatic rings. The SMILES string of the molecule is CC(=O)Nc1ccc(C(=O)NCCCSc2ccc(F)cc2)cc1. The molecular weight excluding hydrogens is 327 g/mol. The number of rotatable bonds is 7. The Bertz CT molecular complexity index is 687. The molecule has 0 atom stereocenters. The van der Waals surface area contributed by atoms with Gasteiger partial charge in [0.1, 0.15) is 5.82 Å². The van der Waals surface area contributed by atoms with Crippen LogP contribution in [0.4, 0.5) is 10.1 Å². The summed E-state index contributed by atoms with van der Waals surface area (Å²) in [7, 11) is 0. The average Bonchev–Trinajstić information content (AvgIpc) is 2.56. The molecule has 0 unspecified atom stereocenters. The molecule has 6 heteroatoms. The number of carbonyl (C=O) groups excluding carboxylic acids is 2. The van der Waals surface area contributed by atoms with E-state index in [-0.39, 0.29) is 17.6 Å². The van der Waals surface area contributed by atoms with Gasteiger partial charge in [-0.2, -0.15) is 0 Å². The molecule has 2 rings (SSSR count). The number of carbonyl (C=O) groups is 2. The van der Waals surface area contributed by atoms with Crippen LogP contribution in [0.1, 0.15) is 23.7 Å². The molecule has 2 N–H and O–H groups in total. The predicted octanol–water partition coefficient (Wildman–Crippen LogP) is 3.70. The minimum atomic E-state index is -0.240. The van der Waals surface area contributed by atoms with Gasteiger partial charge in [0, 0.05) is 29.6 Å². The topological polar surface area (TPSA) is 58.2 Å². The van der Waals surface area contributed by atoms with Crippen molar-refractivity contribution in [1.82, 2.24) is 5.32 Å². The highest BCUT2D eigenvalue weighted by atomic mass is 32.2. The molecule has 0 bridgehead atoms. The van der Waals surface area contributed by atoms with Gasteiger partial charge in [-0.1, -0.05) is 0 Å². The first-order chi connectivity index (χ1) is 11.5. The fourth-order valence-corrected chi connectivity index (χ4v) is 2.86. The van der Waals surface area contributed by atoms with E-state index in [4.69, 9.17) is 0 Å². The van der Waals surface area contributed by atoms with E-state index in [2.05, 4.69) is 10.6 Å². The Kier molecular flexibility index (Phi) is 6.81.